The molecule has 3 heterocycles. The van der Waals surface area contributed by atoms with Gasteiger partial charge in [0.1, 0.15) is 17.6 Å². The number of aromatic nitrogens is 1. The maximum atomic E-state index is 15.1. The Morgan fingerprint density at radius 1 is 1.00 bits per heavy atom. The maximum Gasteiger partial charge on any atom is 0.272 e. The highest BCUT2D eigenvalue weighted by Crippen LogP contribution is 2.27. The first-order valence-electron chi connectivity index (χ1n) is 15.1. The molecule has 1 aromatic heterocycles. The number of piperidine rings is 2. The Balaban J connectivity index is 1.09. The van der Waals surface area contributed by atoms with Crippen molar-refractivity contribution < 1.29 is 23.5 Å². The molecule has 44 heavy (non-hydrogen) atoms. The molecule has 2 saturated heterocycles. The average Bonchev–Trinajstić information content (AvgIpc) is 3.05. The number of pyridine rings is 1. The molecular formula is C35H37FN4O4. The third-order valence-electron chi connectivity index (χ3n) is 8.86. The van der Waals surface area contributed by atoms with Crippen LogP contribution in [0, 0.1) is 30.1 Å². The second-order valence-corrected chi connectivity index (χ2v) is 11.8. The van der Waals surface area contributed by atoms with E-state index in [0.717, 1.165) is 11.1 Å². The first-order chi connectivity index (χ1) is 21.2. The van der Waals surface area contributed by atoms with Gasteiger partial charge in [-0.2, -0.15) is 5.26 Å². The number of aryl methyl sites for hydroxylation is 1. The second-order valence-electron chi connectivity index (χ2n) is 11.8. The first-order valence-corrected chi connectivity index (χ1v) is 15.1. The molecule has 2 aromatic carbocycles. The molecule has 0 N–H and O–H groups in total. The van der Waals surface area contributed by atoms with E-state index in [1.807, 2.05) is 24.0 Å². The number of alkyl halides is 1. The van der Waals surface area contributed by atoms with Crippen molar-refractivity contribution in [1.82, 2.24) is 14.8 Å². The van der Waals surface area contributed by atoms with Crippen molar-refractivity contribution in [3.05, 3.63) is 94.3 Å². The third kappa shape index (κ3) is 7.20. The number of carbonyl (C=O) groups excluding carboxylic acids is 3. The zero-order valence-electron chi connectivity index (χ0n) is 25.2. The van der Waals surface area contributed by atoms with Crippen molar-refractivity contribution in [2.24, 2.45) is 11.8 Å². The normalized spacial score (nSPS) is 19.3. The van der Waals surface area contributed by atoms with Crippen molar-refractivity contribution in [2.45, 2.75) is 45.3 Å². The number of Topliss-reactive ketones (excluding diaryl/α,β-unsaturated/α-hetero) is 2. The number of methoxy groups -OCH3 is 1. The van der Waals surface area contributed by atoms with Gasteiger partial charge in [0.15, 0.2) is 11.6 Å². The topological polar surface area (TPSA) is 104 Å². The standard InChI is InChI=1S/C35H37FN4O4/c1-23-17-24(3-4-28(23)19-37)21-39-14-11-27(31(36)22-39)18-33(41)29-7-10-32(38-20-29)35(43)40-15-12-26(13-16-40)34(42)25-5-8-30(44-2)9-6-25/h3-10,17,20,26-27,31H,11-16,18,21-22H2,1-2H3/t27?,31-/m1/s1. The molecule has 228 valence electrons. The van der Waals surface area contributed by atoms with Crippen LogP contribution < -0.4 is 4.74 Å². The van der Waals surface area contributed by atoms with Crippen molar-refractivity contribution in [3.63, 3.8) is 0 Å². The lowest BCUT2D eigenvalue weighted by molar-refractivity contribution is 0.0644. The summed E-state index contributed by atoms with van der Waals surface area (Å²) < 4.78 is 20.3. The van der Waals surface area contributed by atoms with Crippen molar-refractivity contribution >= 4 is 17.5 Å². The summed E-state index contributed by atoms with van der Waals surface area (Å²) in [7, 11) is 1.58. The minimum Gasteiger partial charge on any atom is -0.497 e. The lowest BCUT2D eigenvalue weighted by atomic mass is 9.88. The largest absolute Gasteiger partial charge is 0.497 e. The highest BCUT2D eigenvalue weighted by molar-refractivity contribution is 5.99. The van der Waals surface area contributed by atoms with Crippen LogP contribution in [0.4, 0.5) is 4.39 Å². The highest BCUT2D eigenvalue weighted by atomic mass is 19.1. The fourth-order valence-corrected chi connectivity index (χ4v) is 6.14. The van der Waals surface area contributed by atoms with Gasteiger partial charge >= 0.3 is 0 Å². The molecule has 1 amide bonds. The van der Waals surface area contributed by atoms with Crippen LogP contribution in [-0.4, -0.2) is 71.7 Å². The van der Waals surface area contributed by atoms with Crippen LogP contribution in [0.25, 0.3) is 0 Å². The van der Waals surface area contributed by atoms with Crippen LogP contribution in [0.5, 0.6) is 5.75 Å². The van der Waals surface area contributed by atoms with Gasteiger partial charge in [0, 0.05) is 55.8 Å². The number of hydrogen-bond acceptors (Lipinski definition) is 7. The molecule has 0 aliphatic carbocycles. The van der Waals surface area contributed by atoms with Crippen LogP contribution in [0.2, 0.25) is 0 Å². The van der Waals surface area contributed by atoms with E-state index < -0.39 is 6.17 Å². The van der Waals surface area contributed by atoms with E-state index in [1.165, 1.54) is 6.20 Å². The number of carbonyl (C=O) groups is 3. The predicted octanol–water partition coefficient (Wildman–Crippen LogP) is 5.44. The van der Waals surface area contributed by atoms with Crippen LogP contribution >= 0.6 is 0 Å². The summed E-state index contributed by atoms with van der Waals surface area (Å²) in [5.41, 5.74) is 3.84. The summed E-state index contributed by atoms with van der Waals surface area (Å²) in [6.07, 6.45) is 2.09. The molecule has 2 aliphatic rings. The number of ketones is 2. The summed E-state index contributed by atoms with van der Waals surface area (Å²) in [5, 5.41) is 9.14. The van der Waals surface area contributed by atoms with E-state index >= 15 is 4.39 Å². The van der Waals surface area contributed by atoms with Gasteiger partial charge in [-0.05, 0) is 92.2 Å². The third-order valence-corrected chi connectivity index (χ3v) is 8.86. The molecule has 0 saturated carbocycles. The monoisotopic (exact) mass is 596 g/mol. The summed E-state index contributed by atoms with van der Waals surface area (Å²) >= 11 is 0. The fraction of sp³-hybridized carbons (Fsp3) is 0.400. The van der Waals surface area contributed by atoms with Gasteiger partial charge in [-0.1, -0.05) is 12.1 Å². The maximum absolute atomic E-state index is 15.1. The number of amides is 1. The zero-order valence-corrected chi connectivity index (χ0v) is 25.2. The number of hydrogen-bond donors (Lipinski definition) is 0. The average molecular weight is 597 g/mol. The smallest absolute Gasteiger partial charge is 0.272 e. The first kappa shape index (κ1) is 31.0. The van der Waals surface area contributed by atoms with Gasteiger partial charge in [0.2, 0.25) is 0 Å². The molecule has 0 spiro atoms. The second kappa shape index (κ2) is 13.9. The number of nitriles is 1. The van der Waals surface area contributed by atoms with Gasteiger partial charge in [-0.3, -0.25) is 24.3 Å². The van der Waals surface area contributed by atoms with Gasteiger partial charge < -0.3 is 9.64 Å². The number of likely N-dealkylation sites (tertiary alicyclic amines) is 2. The van der Waals surface area contributed by atoms with Crippen LogP contribution in [0.3, 0.4) is 0 Å². The predicted molar refractivity (Wildman–Crippen MR) is 163 cm³/mol. The Hall–Kier alpha value is -4.42. The summed E-state index contributed by atoms with van der Waals surface area (Å²) in [6, 6.07) is 18.1. The van der Waals surface area contributed by atoms with E-state index in [2.05, 4.69) is 11.1 Å². The quantitative estimate of drug-likeness (QED) is 0.303. The minimum absolute atomic E-state index is 0.0725. The van der Waals surface area contributed by atoms with Crippen LogP contribution in [0.1, 0.15) is 73.6 Å². The van der Waals surface area contributed by atoms with E-state index in [-0.39, 0.29) is 48.0 Å². The fourth-order valence-electron chi connectivity index (χ4n) is 6.14. The molecule has 0 bridgehead atoms. The van der Waals surface area contributed by atoms with Crippen molar-refractivity contribution in [2.75, 3.05) is 33.3 Å². The van der Waals surface area contributed by atoms with Gasteiger partial charge in [0.25, 0.3) is 5.91 Å². The van der Waals surface area contributed by atoms with Gasteiger partial charge in [0.05, 0.1) is 18.7 Å². The molecule has 2 fully saturated rings. The summed E-state index contributed by atoms with van der Waals surface area (Å²) in [6.45, 7) is 4.34. The Morgan fingerprint density at radius 3 is 2.34 bits per heavy atom. The number of ether oxygens (including phenoxy) is 1. The van der Waals surface area contributed by atoms with Crippen molar-refractivity contribution in [3.8, 4) is 11.8 Å². The van der Waals surface area contributed by atoms with Crippen LogP contribution in [-0.2, 0) is 6.54 Å². The highest BCUT2D eigenvalue weighted by Gasteiger charge is 2.32. The van der Waals surface area contributed by atoms with Crippen molar-refractivity contribution in [1.29, 1.82) is 5.26 Å². The number of halogens is 1. The summed E-state index contributed by atoms with van der Waals surface area (Å²) in [4.78, 5) is 47.0. The minimum atomic E-state index is -1.12. The molecule has 8 nitrogen and oxygen atoms in total. The molecule has 9 heteroatoms. The Bertz CT molecular complexity index is 1540. The molecule has 0 radical (unpaired) electrons. The zero-order chi connectivity index (χ0) is 31.2. The Labute approximate surface area is 257 Å². The van der Waals surface area contributed by atoms with E-state index in [1.54, 1.807) is 54.5 Å². The summed E-state index contributed by atoms with van der Waals surface area (Å²) in [5.74, 6) is -0.160. The molecular weight excluding hydrogens is 559 g/mol. The number of benzene rings is 2. The molecule has 2 atom stereocenters. The molecule has 5 rings (SSSR count). The lowest BCUT2D eigenvalue weighted by Gasteiger charge is -2.34. The van der Waals surface area contributed by atoms with E-state index in [0.29, 0.717) is 67.9 Å². The van der Waals surface area contributed by atoms with Crippen LogP contribution in [0.15, 0.2) is 60.8 Å². The Morgan fingerprint density at radius 2 is 1.73 bits per heavy atom. The molecule has 2 aliphatic heterocycles. The SMILES string of the molecule is COc1ccc(C(=O)C2CCN(C(=O)c3ccc(C(=O)CC4CCN(Cc5ccc(C#N)c(C)c5)C[C@H]4F)cn3)CC2)cc1. The van der Waals surface area contributed by atoms with E-state index in [9.17, 15) is 14.4 Å². The molecule has 3 aromatic rings. The molecule has 1 unspecified atom stereocenters. The van der Waals surface area contributed by atoms with Gasteiger partial charge in [-0.15, -0.1) is 0 Å². The number of rotatable bonds is 9. The van der Waals surface area contributed by atoms with Gasteiger partial charge in [-0.25, -0.2) is 4.39 Å². The lowest BCUT2D eigenvalue weighted by Crippen LogP contribution is -2.42. The Kier molecular flexibility index (Phi) is 9.81. The number of nitrogens with zero attached hydrogens (tertiary/aromatic N) is 4. The van der Waals surface area contributed by atoms with E-state index in [4.69, 9.17) is 10.00 Å².